The second kappa shape index (κ2) is 8.95. The average Bonchev–Trinajstić information content (AvgIpc) is 3.31. The molecule has 5 heteroatoms. The molecule has 1 unspecified atom stereocenters. The molecule has 2 heterocycles. The number of para-hydroxylation sites is 1. The summed E-state index contributed by atoms with van der Waals surface area (Å²) in [5.41, 5.74) is 4.78. The molecule has 5 nitrogen and oxygen atoms in total. The van der Waals surface area contributed by atoms with Crippen molar-refractivity contribution in [3.63, 3.8) is 0 Å². The zero-order valence-corrected chi connectivity index (χ0v) is 17.2. The third-order valence-electron chi connectivity index (χ3n) is 5.58. The van der Waals surface area contributed by atoms with Gasteiger partial charge in [-0.25, -0.2) is 0 Å². The number of hydrogen-bond acceptors (Lipinski definition) is 3. The number of pyridine rings is 1. The molecule has 2 N–H and O–H groups in total. The van der Waals surface area contributed by atoms with Crippen LogP contribution >= 0.6 is 0 Å². The van der Waals surface area contributed by atoms with Gasteiger partial charge in [0.05, 0.1) is 11.6 Å². The number of fused-ring (bicyclic) bond motifs is 1. The Balaban J connectivity index is 1.42. The number of hydrogen-bond donors (Lipinski definition) is 2. The number of anilines is 1. The van der Waals surface area contributed by atoms with Gasteiger partial charge in [-0.05, 0) is 49.1 Å². The maximum atomic E-state index is 4.54. The van der Waals surface area contributed by atoms with E-state index in [0.29, 0.717) is 6.54 Å². The summed E-state index contributed by atoms with van der Waals surface area (Å²) < 4.78 is 0. The normalized spacial score (nSPS) is 15.5. The van der Waals surface area contributed by atoms with E-state index >= 15 is 0 Å². The second-order valence-corrected chi connectivity index (χ2v) is 7.57. The molecular formula is C24H29N5. The smallest absolute Gasteiger partial charge is 0.191 e. The number of aliphatic imine (C=N–C) groups is 1. The standard InChI is InChI=1S/C24H29N5/c1-18(20-9-6-12-22(16-20)29-14-3-4-15-29)28-24(25-2)27-17-21-10-5-8-19-11-7-13-26-23(19)21/h5-13,16,18H,3-4,14-15,17H2,1-2H3,(H2,25,27,28). The van der Waals surface area contributed by atoms with Crippen LogP contribution in [0.15, 0.2) is 65.8 Å². The van der Waals surface area contributed by atoms with Gasteiger partial charge in [-0.1, -0.05) is 36.4 Å². The van der Waals surface area contributed by atoms with E-state index in [1.165, 1.54) is 24.1 Å². The van der Waals surface area contributed by atoms with Crippen molar-refractivity contribution in [3.05, 3.63) is 71.9 Å². The highest BCUT2D eigenvalue weighted by molar-refractivity contribution is 5.83. The van der Waals surface area contributed by atoms with Gasteiger partial charge in [0.15, 0.2) is 5.96 Å². The van der Waals surface area contributed by atoms with E-state index in [9.17, 15) is 0 Å². The molecular weight excluding hydrogens is 358 g/mol. The maximum Gasteiger partial charge on any atom is 0.191 e. The molecule has 1 saturated heterocycles. The van der Waals surface area contributed by atoms with Gasteiger partial charge in [-0.2, -0.15) is 0 Å². The predicted octanol–water partition coefficient (Wildman–Crippen LogP) is 4.26. The summed E-state index contributed by atoms with van der Waals surface area (Å²) in [7, 11) is 1.81. The fraction of sp³-hybridized carbons (Fsp3) is 0.333. The van der Waals surface area contributed by atoms with Crippen molar-refractivity contribution in [2.45, 2.75) is 32.4 Å². The lowest BCUT2D eigenvalue weighted by Crippen LogP contribution is -2.38. The van der Waals surface area contributed by atoms with Crippen molar-refractivity contribution in [1.29, 1.82) is 0 Å². The van der Waals surface area contributed by atoms with Gasteiger partial charge in [0.25, 0.3) is 0 Å². The minimum Gasteiger partial charge on any atom is -0.372 e. The Morgan fingerprint density at radius 1 is 1.10 bits per heavy atom. The molecule has 0 spiro atoms. The molecule has 0 aliphatic carbocycles. The Labute approximate surface area is 172 Å². The lowest BCUT2D eigenvalue weighted by atomic mass is 10.1. The van der Waals surface area contributed by atoms with Crippen LogP contribution in [0.3, 0.4) is 0 Å². The van der Waals surface area contributed by atoms with Crippen molar-refractivity contribution in [3.8, 4) is 0 Å². The Morgan fingerprint density at radius 2 is 1.90 bits per heavy atom. The van der Waals surface area contributed by atoms with Gasteiger partial charge < -0.3 is 15.5 Å². The van der Waals surface area contributed by atoms with Crippen LogP contribution in [-0.4, -0.2) is 31.1 Å². The summed E-state index contributed by atoms with van der Waals surface area (Å²) in [4.78, 5) is 11.4. The number of benzene rings is 2. The maximum absolute atomic E-state index is 4.54. The summed E-state index contributed by atoms with van der Waals surface area (Å²) >= 11 is 0. The average molecular weight is 388 g/mol. The molecule has 0 bridgehead atoms. The summed E-state index contributed by atoms with van der Waals surface area (Å²) in [6.45, 7) is 5.17. The predicted molar refractivity (Wildman–Crippen MR) is 121 cm³/mol. The molecule has 0 radical (unpaired) electrons. The minimum atomic E-state index is 0.161. The van der Waals surface area contributed by atoms with Crippen LogP contribution in [0, 0.1) is 0 Å². The summed E-state index contributed by atoms with van der Waals surface area (Å²) in [6.07, 6.45) is 4.42. The quantitative estimate of drug-likeness (QED) is 0.507. The third-order valence-corrected chi connectivity index (χ3v) is 5.58. The topological polar surface area (TPSA) is 52.6 Å². The first kappa shape index (κ1) is 19.2. The van der Waals surface area contributed by atoms with E-state index in [2.05, 4.69) is 81.0 Å². The molecule has 0 saturated carbocycles. The molecule has 0 amide bonds. The number of nitrogens with zero attached hydrogens (tertiary/aromatic N) is 3. The molecule has 150 valence electrons. The van der Waals surface area contributed by atoms with E-state index in [-0.39, 0.29) is 6.04 Å². The van der Waals surface area contributed by atoms with Gasteiger partial charge in [0.1, 0.15) is 0 Å². The Morgan fingerprint density at radius 3 is 2.72 bits per heavy atom. The van der Waals surface area contributed by atoms with Crippen molar-refractivity contribution < 1.29 is 0 Å². The van der Waals surface area contributed by atoms with Crippen LogP contribution in [0.1, 0.15) is 36.9 Å². The molecule has 1 aliphatic rings. The Kier molecular flexibility index (Phi) is 5.94. The second-order valence-electron chi connectivity index (χ2n) is 7.57. The van der Waals surface area contributed by atoms with Crippen molar-refractivity contribution in [2.75, 3.05) is 25.0 Å². The van der Waals surface area contributed by atoms with Crippen LogP contribution in [0.5, 0.6) is 0 Å². The van der Waals surface area contributed by atoms with Gasteiger partial charge >= 0.3 is 0 Å². The lowest BCUT2D eigenvalue weighted by Gasteiger charge is -2.22. The highest BCUT2D eigenvalue weighted by atomic mass is 15.2. The molecule has 4 rings (SSSR count). The number of aromatic nitrogens is 1. The van der Waals surface area contributed by atoms with Gasteiger partial charge in [0, 0.05) is 44.0 Å². The van der Waals surface area contributed by atoms with Crippen molar-refractivity contribution >= 4 is 22.5 Å². The van der Waals surface area contributed by atoms with E-state index in [1.54, 1.807) is 0 Å². The summed E-state index contributed by atoms with van der Waals surface area (Å²) in [5.74, 6) is 0.789. The minimum absolute atomic E-state index is 0.161. The van der Waals surface area contributed by atoms with Crippen LogP contribution in [-0.2, 0) is 6.54 Å². The van der Waals surface area contributed by atoms with E-state index in [4.69, 9.17) is 0 Å². The van der Waals surface area contributed by atoms with Crippen molar-refractivity contribution in [2.24, 2.45) is 4.99 Å². The monoisotopic (exact) mass is 387 g/mol. The number of nitrogens with one attached hydrogen (secondary N) is 2. The van der Waals surface area contributed by atoms with Crippen molar-refractivity contribution in [1.82, 2.24) is 15.6 Å². The van der Waals surface area contributed by atoms with Gasteiger partial charge in [0.2, 0.25) is 0 Å². The fourth-order valence-corrected chi connectivity index (χ4v) is 3.94. The van der Waals surface area contributed by atoms with Crippen LogP contribution in [0.25, 0.3) is 10.9 Å². The highest BCUT2D eigenvalue weighted by Gasteiger charge is 2.14. The highest BCUT2D eigenvalue weighted by Crippen LogP contribution is 2.24. The molecule has 1 aromatic heterocycles. The molecule has 29 heavy (non-hydrogen) atoms. The Hall–Kier alpha value is -3.08. The van der Waals surface area contributed by atoms with Gasteiger partial charge in [-0.3, -0.25) is 9.98 Å². The fourth-order valence-electron chi connectivity index (χ4n) is 3.94. The molecule has 1 aliphatic heterocycles. The first-order chi connectivity index (χ1) is 14.2. The third kappa shape index (κ3) is 4.50. The van der Waals surface area contributed by atoms with E-state index in [1.807, 2.05) is 19.3 Å². The van der Waals surface area contributed by atoms with Crippen LogP contribution in [0.2, 0.25) is 0 Å². The first-order valence-electron chi connectivity index (χ1n) is 10.4. The van der Waals surface area contributed by atoms with E-state index < -0.39 is 0 Å². The zero-order valence-electron chi connectivity index (χ0n) is 17.2. The number of guanidine groups is 1. The Bertz CT molecular complexity index is 986. The largest absolute Gasteiger partial charge is 0.372 e. The molecule has 1 fully saturated rings. The summed E-state index contributed by atoms with van der Waals surface area (Å²) in [5, 5.41) is 8.11. The van der Waals surface area contributed by atoms with Gasteiger partial charge in [-0.15, -0.1) is 0 Å². The zero-order chi connectivity index (χ0) is 20.1. The van der Waals surface area contributed by atoms with Crippen LogP contribution in [0.4, 0.5) is 5.69 Å². The van der Waals surface area contributed by atoms with Crippen LogP contribution < -0.4 is 15.5 Å². The number of rotatable bonds is 5. The first-order valence-corrected chi connectivity index (χ1v) is 10.4. The molecule has 1 atom stereocenters. The summed E-state index contributed by atoms with van der Waals surface area (Å²) in [6, 6.07) is 19.3. The lowest BCUT2D eigenvalue weighted by molar-refractivity contribution is 0.685. The van der Waals surface area contributed by atoms with E-state index in [0.717, 1.165) is 35.5 Å². The molecule has 2 aromatic carbocycles. The molecule has 3 aromatic rings. The SMILES string of the molecule is CN=C(NCc1cccc2cccnc12)NC(C)c1cccc(N2CCCC2)c1.